The molecule has 2 aromatic carbocycles. The first kappa shape index (κ1) is 18.1. The fourth-order valence-electron chi connectivity index (χ4n) is 3.99. The minimum atomic E-state index is -1.08. The van der Waals surface area contributed by atoms with E-state index in [1.54, 1.807) is 6.08 Å². The van der Waals surface area contributed by atoms with Crippen molar-refractivity contribution < 1.29 is 9.59 Å². The van der Waals surface area contributed by atoms with Crippen LogP contribution in [-0.2, 0) is 9.59 Å². The summed E-state index contributed by atoms with van der Waals surface area (Å²) in [6.07, 6.45) is 3.92. The Kier molecular flexibility index (Phi) is 5.03. The highest BCUT2D eigenvalue weighted by Crippen LogP contribution is 2.50. The van der Waals surface area contributed by atoms with Crippen molar-refractivity contribution in [3.63, 3.8) is 0 Å². The van der Waals surface area contributed by atoms with Crippen molar-refractivity contribution in [2.75, 3.05) is 0 Å². The van der Waals surface area contributed by atoms with Crippen LogP contribution in [0.1, 0.15) is 44.2 Å². The maximum absolute atomic E-state index is 13.5. The Balaban J connectivity index is 2.23. The van der Waals surface area contributed by atoms with Gasteiger partial charge < -0.3 is 0 Å². The van der Waals surface area contributed by atoms with E-state index in [1.807, 2.05) is 87.5 Å². The van der Waals surface area contributed by atoms with Crippen LogP contribution in [0.3, 0.4) is 0 Å². The van der Waals surface area contributed by atoms with Gasteiger partial charge in [-0.2, -0.15) is 0 Å². The molecule has 0 heterocycles. The molecule has 0 aliphatic heterocycles. The van der Waals surface area contributed by atoms with Crippen LogP contribution in [0.15, 0.2) is 84.0 Å². The van der Waals surface area contributed by atoms with E-state index in [9.17, 15) is 9.59 Å². The molecule has 1 aliphatic carbocycles. The third kappa shape index (κ3) is 2.76. The second kappa shape index (κ2) is 7.25. The molecule has 0 amide bonds. The highest BCUT2D eigenvalue weighted by molar-refractivity contribution is 6.27. The maximum atomic E-state index is 13.5. The molecule has 0 bridgehead atoms. The monoisotopic (exact) mass is 344 g/mol. The highest BCUT2D eigenvalue weighted by atomic mass is 16.2. The number of hydrogen-bond acceptors (Lipinski definition) is 2. The van der Waals surface area contributed by atoms with Gasteiger partial charge in [0.2, 0.25) is 0 Å². The lowest BCUT2D eigenvalue weighted by Crippen LogP contribution is -2.41. The zero-order valence-electron chi connectivity index (χ0n) is 15.5. The SMILES string of the molecule is C/C=C(\C)C1=CC(=O)[C@](CC)(C(c2ccccc2)c2ccccc2)C1=O. The number of ketones is 2. The maximum Gasteiger partial charge on any atom is 0.178 e. The average molecular weight is 344 g/mol. The number of allylic oxidation sites excluding steroid dienone is 4. The lowest BCUT2D eigenvalue weighted by atomic mass is 9.64. The number of carbonyl (C=O) groups is 2. The van der Waals surface area contributed by atoms with Gasteiger partial charge in [-0.05, 0) is 43.0 Å². The van der Waals surface area contributed by atoms with Crippen molar-refractivity contribution in [1.29, 1.82) is 0 Å². The molecule has 1 aliphatic rings. The van der Waals surface area contributed by atoms with Gasteiger partial charge in [-0.15, -0.1) is 0 Å². The quantitative estimate of drug-likeness (QED) is 0.693. The minimum Gasteiger partial charge on any atom is -0.294 e. The summed E-state index contributed by atoms with van der Waals surface area (Å²) in [5, 5.41) is 0. The van der Waals surface area contributed by atoms with Crippen LogP contribution < -0.4 is 0 Å². The third-order valence-electron chi connectivity index (χ3n) is 5.54. The van der Waals surface area contributed by atoms with Crippen molar-refractivity contribution in [3.8, 4) is 0 Å². The Morgan fingerprint density at radius 2 is 1.46 bits per heavy atom. The lowest BCUT2D eigenvalue weighted by Gasteiger charge is -2.35. The van der Waals surface area contributed by atoms with E-state index in [0.717, 1.165) is 16.7 Å². The number of rotatable bonds is 5. The van der Waals surface area contributed by atoms with Gasteiger partial charge in [-0.25, -0.2) is 0 Å². The molecule has 132 valence electrons. The largest absolute Gasteiger partial charge is 0.294 e. The topological polar surface area (TPSA) is 34.1 Å². The number of carbonyl (C=O) groups excluding carboxylic acids is 2. The summed E-state index contributed by atoms with van der Waals surface area (Å²) < 4.78 is 0. The second-order valence-corrected chi connectivity index (χ2v) is 6.80. The molecule has 2 aromatic rings. The molecule has 0 radical (unpaired) electrons. The van der Waals surface area contributed by atoms with Crippen LogP contribution >= 0.6 is 0 Å². The molecular formula is C24H24O2. The standard InChI is InChI=1S/C24H24O2/c1-4-17(3)20-16-21(25)24(5-2,23(20)26)22(18-12-8-6-9-13-18)19-14-10-7-11-15-19/h4,6-16,22H,5H2,1-3H3/b17-4+/t24-/m1/s1. The van der Waals surface area contributed by atoms with E-state index in [2.05, 4.69) is 0 Å². The molecule has 0 N–H and O–H groups in total. The van der Waals surface area contributed by atoms with Crippen LogP contribution in [0.5, 0.6) is 0 Å². The Morgan fingerprint density at radius 1 is 0.962 bits per heavy atom. The van der Waals surface area contributed by atoms with E-state index < -0.39 is 5.41 Å². The smallest absolute Gasteiger partial charge is 0.178 e. The third-order valence-corrected chi connectivity index (χ3v) is 5.54. The van der Waals surface area contributed by atoms with E-state index in [-0.39, 0.29) is 17.5 Å². The van der Waals surface area contributed by atoms with Crippen LogP contribution in [0.2, 0.25) is 0 Å². The fourth-order valence-corrected chi connectivity index (χ4v) is 3.99. The van der Waals surface area contributed by atoms with Gasteiger partial charge in [-0.1, -0.05) is 73.7 Å². The van der Waals surface area contributed by atoms with Crippen molar-refractivity contribution in [1.82, 2.24) is 0 Å². The molecule has 2 heteroatoms. The molecule has 0 unspecified atom stereocenters. The molecule has 26 heavy (non-hydrogen) atoms. The zero-order valence-corrected chi connectivity index (χ0v) is 15.5. The molecule has 0 aromatic heterocycles. The summed E-state index contributed by atoms with van der Waals surface area (Å²) in [6, 6.07) is 19.8. The van der Waals surface area contributed by atoms with Crippen LogP contribution in [-0.4, -0.2) is 11.6 Å². The normalized spacial score (nSPS) is 20.6. The van der Waals surface area contributed by atoms with E-state index in [1.165, 1.54) is 0 Å². The Bertz CT molecular complexity index is 835. The van der Waals surface area contributed by atoms with Crippen LogP contribution in [0, 0.1) is 5.41 Å². The molecule has 0 fully saturated rings. The Hall–Kier alpha value is -2.74. The molecule has 1 atom stereocenters. The van der Waals surface area contributed by atoms with Gasteiger partial charge >= 0.3 is 0 Å². The fraction of sp³-hybridized carbons (Fsp3) is 0.250. The number of hydrogen-bond donors (Lipinski definition) is 0. The molecule has 2 nitrogen and oxygen atoms in total. The summed E-state index contributed by atoms with van der Waals surface area (Å²) >= 11 is 0. The van der Waals surface area contributed by atoms with Gasteiger partial charge in [-0.3, -0.25) is 9.59 Å². The van der Waals surface area contributed by atoms with Crippen LogP contribution in [0.25, 0.3) is 0 Å². The van der Waals surface area contributed by atoms with Gasteiger partial charge in [0.1, 0.15) is 5.41 Å². The first-order valence-electron chi connectivity index (χ1n) is 9.10. The van der Waals surface area contributed by atoms with Gasteiger partial charge in [0.25, 0.3) is 0 Å². The van der Waals surface area contributed by atoms with Gasteiger partial charge in [0.05, 0.1) is 0 Å². The minimum absolute atomic E-state index is 0.0571. The molecule has 0 saturated heterocycles. The predicted molar refractivity (Wildman–Crippen MR) is 105 cm³/mol. The van der Waals surface area contributed by atoms with Crippen molar-refractivity contribution in [2.45, 2.75) is 33.1 Å². The summed E-state index contributed by atoms with van der Waals surface area (Å²) in [4.78, 5) is 26.8. The number of Topliss-reactive ketones (excluding diaryl/α,β-unsaturated/α-hetero) is 1. The van der Waals surface area contributed by atoms with E-state index in [4.69, 9.17) is 0 Å². The molecule has 0 saturated carbocycles. The van der Waals surface area contributed by atoms with Crippen molar-refractivity contribution in [3.05, 3.63) is 95.1 Å². The zero-order chi connectivity index (χ0) is 18.7. The molecular weight excluding hydrogens is 320 g/mol. The van der Waals surface area contributed by atoms with E-state index >= 15 is 0 Å². The summed E-state index contributed by atoms with van der Waals surface area (Å²) in [7, 11) is 0. The molecule has 0 spiro atoms. The van der Waals surface area contributed by atoms with Gasteiger partial charge in [0, 0.05) is 11.5 Å². The second-order valence-electron chi connectivity index (χ2n) is 6.80. The van der Waals surface area contributed by atoms with Gasteiger partial charge in [0.15, 0.2) is 11.6 Å². The van der Waals surface area contributed by atoms with E-state index in [0.29, 0.717) is 12.0 Å². The van der Waals surface area contributed by atoms with Crippen molar-refractivity contribution >= 4 is 11.6 Å². The van der Waals surface area contributed by atoms with Crippen molar-refractivity contribution in [2.24, 2.45) is 5.41 Å². The predicted octanol–water partition coefficient (Wildman–Crippen LogP) is 5.26. The average Bonchev–Trinajstić information content (AvgIpc) is 2.94. The lowest BCUT2D eigenvalue weighted by molar-refractivity contribution is -0.134. The summed E-state index contributed by atoms with van der Waals surface area (Å²) in [6.45, 7) is 5.73. The first-order valence-corrected chi connectivity index (χ1v) is 9.10. The Morgan fingerprint density at radius 3 is 1.88 bits per heavy atom. The summed E-state index contributed by atoms with van der Waals surface area (Å²) in [5.74, 6) is -0.439. The van der Waals surface area contributed by atoms with Crippen LogP contribution in [0.4, 0.5) is 0 Å². The summed E-state index contributed by atoms with van der Waals surface area (Å²) in [5.41, 5.74) is 2.32. The Labute approximate surface area is 155 Å². The molecule has 3 rings (SSSR count). The first-order chi connectivity index (χ1) is 12.6. The number of benzene rings is 2. The highest BCUT2D eigenvalue weighted by Gasteiger charge is 2.55.